The molecular formula is C16H21Cl2N3O. The van der Waals surface area contributed by atoms with E-state index in [1.165, 1.54) is 0 Å². The highest BCUT2D eigenvalue weighted by Crippen LogP contribution is 2.15. The zero-order valence-corrected chi connectivity index (χ0v) is 13.9. The van der Waals surface area contributed by atoms with E-state index in [4.69, 9.17) is 5.73 Å². The van der Waals surface area contributed by atoms with Crippen molar-refractivity contribution in [3.05, 3.63) is 66.0 Å². The van der Waals surface area contributed by atoms with E-state index < -0.39 is 0 Å². The van der Waals surface area contributed by atoms with Crippen LogP contribution in [0.2, 0.25) is 0 Å². The molecule has 4 nitrogen and oxygen atoms in total. The number of hydrogen-bond donors (Lipinski definition) is 2. The van der Waals surface area contributed by atoms with Crippen molar-refractivity contribution in [2.24, 2.45) is 5.73 Å². The average Bonchev–Trinajstić information content (AvgIpc) is 2.49. The van der Waals surface area contributed by atoms with Gasteiger partial charge in [-0.15, -0.1) is 24.8 Å². The molecule has 1 heterocycles. The first-order valence-corrected chi connectivity index (χ1v) is 6.66. The number of carbonyl (C=O) groups is 1. The molecule has 0 fully saturated rings. The number of pyridine rings is 1. The SMILES string of the molecule is CC(NC(=O)CC(N)c1ccccc1)c1cccnc1.Cl.Cl. The molecule has 0 aliphatic rings. The van der Waals surface area contributed by atoms with Gasteiger partial charge in [0.15, 0.2) is 0 Å². The third-order valence-corrected chi connectivity index (χ3v) is 3.19. The molecule has 6 heteroatoms. The summed E-state index contributed by atoms with van der Waals surface area (Å²) >= 11 is 0. The molecule has 22 heavy (non-hydrogen) atoms. The minimum atomic E-state index is -0.280. The van der Waals surface area contributed by atoms with Crippen molar-refractivity contribution in [2.45, 2.75) is 25.4 Å². The monoisotopic (exact) mass is 341 g/mol. The van der Waals surface area contributed by atoms with Crippen LogP contribution in [0.5, 0.6) is 0 Å². The Labute approximate surface area is 143 Å². The van der Waals surface area contributed by atoms with Crippen LogP contribution in [0.25, 0.3) is 0 Å². The molecule has 1 amide bonds. The van der Waals surface area contributed by atoms with Gasteiger partial charge in [0.1, 0.15) is 0 Å². The van der Waals surface area contributed by atoms with Gasteiger partial charge in [0.05, 0.1) is 6.04 Å². The van der Waals surface area contributed by atoms with Crippen molar-refractivity contribution in [3.63, 3.8) is 0 Å². The normalized spacial score (nSPS) is 12.3. The number of carbonyl (C=O) groups excluding carboxylic acids is 1. The van der Waals surface area contributed by atoms with Crippen molar-refractivity contribution >= 4 is 30.7 Å². The van der Waals surface area contributed by atoms with Gasteiger partial charge in [-0.3, -0.25) is 9.78 Å². The summed E-state index contributed by atoms with van der Waals surface area (Å²) in [5, 5.41) is 2.94. The van der Waals surface area contributed by atoms with E-state index in [2.05, 4.69) is 10.3 Å². The second-order valence-corrected chi connectivity index (χ2v) is 4.80. The van der Waals surface area contributed by atoms with Gasteiger partial charge in [-0.2, -0.15) is 0 Å². The summed E-state index contributed by atoms with van der Waals surface area (Å²) in [6.45, 7) is 1.93. The Morgan fingerprint density at radius 3 is 2.36 bits per heavy atom. The van der Waals surface area contributed by atoms with E-state index in [-0.39, 0.29) is 49.2 Å². The molecule has 0 saturated heterocycles. The highest BCUT2D eigenvalue weighted by molar-refractivity contribution is 5.85. The fourth-order valence-electron chi connectivity index (χ4n) is 2.03. The Morgan fingerprint density at radius 2 is 1.77 bits per heavy atom. The van der Waals surface area contributed by atoms with Crippen LogP contribution in [0.1, 0.15) is 36.6 Å². The Hall–Kier alpha value is -1.62. The minimum absolute atomic E-state index is 0. The summed E-state index contributed by atoms with van der Waals surface area (Å²) in [6.07, 6.45) is 3.74. The van der Waals surface area contributed by atoms with Gasteiger partial charge in [0.25, 0.3) is 0 Å². The Morgan fingerprint density at radius 1 is 1.14 bits per heavy atom. The van der Waals surface area contributed by atoms with Crippen molar-refractivity contribution in [2.75, 3.05) is 0 Å². The lowest BCUT2D eigenvalue weighted by Crippen LogP contribution is -2.29. The number of halogens is 2. The maximum atomic E-state index is 12.0. The lowest BCUT2D eigenvalue weighted by molar-refractivity contribution is -0.122. The summed E-state index contributed by atoms with van der Waals surface area (Å²) in [4.78, 5) is 16.0. The first kappa shape index (κ1) is 20.4. The first-order chi connectivity index (χ1) is 9.66. The summed E-state index contributed by atoms with van der Waals surface area (Å²) in [5.74, 6) is -0.0577. The zero-order chi connectivity index (χ0) is 14.4. The largest absolute Gasteiger partial charge is 0.349 e. The molecule has 0 radical (unpaired) electrons. The second-order valence-electron chi connectivity index (χ2n) is 4.80. The van der Waals surface area contributed by atoms with Gasteiger partial charge in [-0.05, 0) is 24.1 Å². The number of amides is 1. The molecule has 0 saturated carbocycles. The molecule has 2 unspecified atom stereocenters. The molecule has 2 aromatic rings. The summed E-state index contributed by atoms with van der Waals surface area (Å²) in [6, 6.07) is 13.1. The van der Waals surface area contributed by atoms with E-state index in [9.17, 15) is 4.79 Å². The Balaban J connectivity index is 0.00000220. The molecular weight excluding hydrogens is 321 g/mol. The van der Waals surface area contributed by atoms with E-state index >= 15 is 0 Å². The topological polar surface area (TPSA) is 68.0 Å². The third kappa shape index (κ3) is 6.02. The quantitative estimate of drug-likeness (QED) is 0.877. The number of nitrogens with zero attached hydrogens (tertiary/aromatic N) is 1. The van der Waals surface area contributed by atoms with Crippen LogP contribution in [0.15, 0.2) is 54.9 Å². The molecule has 0 aliphatic heterocycles. The third-order valence-electron chi connectivity index (χ3n) is 3.19. The van der Waals surface area contributed by atoms with Crippen LogP contribution >= 0.6 is 24.8 Å². The number of nitrogens with two attached hydrogens (primary N) is 1. The van der Waals surface area contributed by atoms with Gasteiger partial charge in [-0.1, -0.05) is 36.4 Å². The number of aromatic nitrogens is 1. The summed E-state index contributed by atoms with van der Waals surface area (Å²) in [5.41, 5.74) is 7.99. The highest BCUT2D eigenvalue weighted by Gasteiger charge is 2.14. The van der Waals surface area contributed by atoms with Gasteiger partial charge in [0, 0.05) is 24.9 Å². The number of nitrogens with one attached hydrogen (secondary N) is 1. The van der Waals surface area contributed by atoms with Crippen LogP contribution in [0.4, 0.5) is 0 Å². The smallest absolute Gasteiger partial charge is 0.222 e. The molecule has 1 aromatic heterocycles. The molecule has 3 N–H and O–H groups in total. The molecule has 2 atom stereocenters. The maximum Gasteiger partial charge on any atom is 0.222 e. The van der Waals surface area contributed by atoms with E-state index in [0.29, 0.717) is 0 Å². The Kier molecular flexibility index (Phi) is 9.42. The van der Waals surface area contributed by atoms with E-state index in [1.807, 2.05) is 49.4 Å². The zero-order valence-electron chi connectivity index (χ0n) is 12.3. The van der Waals surface area contributed by atoms with Crippen LogP contribution in [-0.2, 0) is 4.79 Å². The van der Waals surface area contributed by atoms with Crippen molar-refractivity contribution in [3.8, 4) is 0 Å². The predicted octanol–water partition coefficient (Wildman–Crippen LogP) is 3.19. The van der Waals surface area contributed by atoms with Crippen LogP contribution < -0.4 is 11.1 Å². The standard InChI is InChI=1S/C16H19N3O.2ClH/c1-12(14-8-5-9-18-11-14)19-16(20)10-15(17)13-6-3-2-4-7-13;;/h2-9,11-12,15H,10,17H2,1H3,(H,19,20);2*1H. The van der Waals surface area contributed by atoms with Crippen LogP contribution in [0.3, 0.4) is 0 Å². The van der Waals surface area contributed by atoms with Gasteiger partial charge < -0.3 is 11.1 Å². The summed E-state index contributed by atoms with van der Waals surface area (Å²) < 4.78 is 0. The van der Waals surface area contributed by atoms with Crippen LogP contribution in [0, 0.1) is 0 Å². The highest BCUT2D eigenvalue weighted by atomic mass is 35.5. The number of rotatable bonds is 5. The fourth-order valence-corrected chi connectivity index (χ4v) is 2.03. The minimum Gasteiger partial charge on any atom is -0.349 e. The van der Waals surface area contributed by atoms with E-state index in [0.717, 1.165) is 11.1 Å². The first-order valence-electron chi connectivity index (χ1n) is 6.66. The molecule has 0 bridgehead atoms. The van der Waals surface area contributed by atoms with Gasteiger partial charge >= 0.3 is 0 Å². The van der Waals surface area contributed by atoms with Gasteiger partial charge in [-0.25, -0.2) is 0 Å². The number of hydrogen-bond acceptors (Lipinski definition) is 3. The van der Waals surface area contributed by atoms with Crippen molar-refractivity contribution in [1.82, 2.24) is 10.3 Å². The van der Waals surface area contributed by atoms with Crippen molar-refractivity contribution in [1.29, 1.82) is 0 Å². The lowest BCUT2D eigenvalue weighted by atomic mass is 10.0. The Bertz CT molecular complexity index is 502. The van der Waals surface area contributed by atoms with Gasteiger partial charge in [0.2, 0.25) is 5.91 Å². The number of benzene rings is 1. The molecule has 120 valence electrons. The molecule has 0 aliphatic carbocycles. The molecule has 1 aromatic carbocycles. The summed E-state index contributed by atoms with van der Waals surface area (Å²) in [7, 11) is 0. The van der Waals surface area contributed by atoms with E-state index in [1.54, 1.807) is 12.4 Å². The second kappa shape index (κ2) is 10.2. The lowest BCUT2D eigenvalue weighted by Gasteiger charge is -2.16. The fraction of sp³-hybridized carbons (Fsp3) is 0.250. The molecule has 0 spiro atoms. The average molecular weight is 342 g/mol. The molecule has 2 rings (SSSR count). The van der Waals surface area contributed by atoms with Crippen LogP contribution in [-0.4, -0.2) is 10.9 Å². The maximum absolute atomic E-state index is 12.0. The predicted molar refractivity (Wildman–Crippen MR) is 93.3 cm³/mol. The van der Waals surface area contributed by atoms with Crippen molar-refractivity contribution < 1.29 is 4.79 Å².